The van der Waals surface area contributed by atoms with Crippen molar-refractivity contribution < 1.29 is 14.3 Å². The van der Waals surface area contributed by atoms with Crippen molar-refractivity contribution in [2.45, 2.75) is 51.5 Å². The summed E-state index contributed by atoms with van der Waals surface area (Å²) >= 11 is 1.52. The molecule has 1 aromatic rings. The van der Waals surface area contributed by atoms with Gasteiger partial charge in [-0.3, -0.25) is 4.79 Å². The van der Waals surface area contributed by atoms with E-state index in [1.54, 1.807) is 13.1 Å². The molecule has 1 heterocycles. The van der Waals surface area contributed by atoms with Gasteiger partial charge in [-0.1, -0.05) is 19.3 Å². The Morgan fingerprint density at radius 3 is 2.52 bits per heavy atom. The van der Waals surface area contributed by atoms with Crippen LogP contribution in [0.3, 0.4) is 0 Å². The molecule has 0 aromatic carbocycles. The van der Waals surface area contributed by atoms with Crippen molar-refractivity contribution in [3.05, 3.63) is 21.4 Å². The molecule has 2 rings (SSSR count). The fraction of sp³-hybridized carbons (Fsp3) is 0.588. The Hall–Kier alpha value is -1.87. The molecule has 0 bridgehead atoms. The van der Waals surface area contributed by atoms with Crippen LogP contribution in [-0.4, -0.2) is 36.0 Å². The third-order valence-electron chi connectivity index (χ3n) is 4.49. The summed E-state index contributed by atoms with van der Waals surface area (Å²) in [6.45, 7) is 3.45. The van der Waals surface area contributed by atoms with E-state index in [0.717, 1.165) is 29.0 Å². The van der Waals surface area contributed by atoms with E-state index in [4.69, 9.17) is 4.74 Å². The molecule has 1 amide bonds. The molecular weight excluding hydrogens is 312 g/mol. The van der Waals surface area contributed by atoms with E-state index in [9.17, 15) is 14.9 Å². The predicted octanol–water partition coefficient (Wildman–Crippen LogP) is 3.21. The molecule has 5 nitrogen and oxygen atoms in total. The minimum Gasteiger partial charge on any atom is -0.452 e. The van der Waals surface area contributed by atoms with Crippen molar-refractivity contribution in [1.82, 2.24) is 4.90 Å². The lowest BCUT2D eigenvalue weighted by Gasteiger charge is -2.38. The summed E-state index contributed by atoms with van der Waals surface area (Å²) in [6, 6.07) is 4.07. The van der Waals surface area contributed by atoms with Crippen LogP contribution in [0.25, 0.3) is 0 Å². The Balaban J connectivity index is 1.97. The quantitative estimate of drug-likeness (QED) is 0.793. The molecule has 1 fully saturated rings. The van der Waals surface area contributed by atoms with Crippen LogP contribution in [0.2, 0.25) is 0 Å². The van der Waals surface area contributed by atoms with Crippen molar-refractivity contribution in [3.63, 3.8) is 0 Å². The summed E-state index contributed by atoms with van der Waals surface area (Å²) in [4.78, 5) is 27.8. The number of ether oxygens (including phenoxy) is 1. The lowest BCUT2D eigenvalue weighted by Crippen LogP contribution is -2.51. The zero-order chi connectivity index (χ0) is 17.0. The molecule has 0 spiro atoms. The minimum atomic E-state index is -0.753. The maximum atomic E-state index is 12.3. The first-order chi connectivity index (χ1) is 10.9. The monoisotopic (exact) mass is 334 g/mol. The zero-order valence-corrected chi connectivity index (χ0v) is 14.7. The second kappa shape index (κ2) is 7.14. The van der Waals surface area contributed by atoms with Crippen LogP contribution in [0.1, 0.15) is 52.2 Å². The number of likely N-dealkylation sites (N-methyl/N-ethyl adjacent to an activating group) is 1. The van der Waals surface area contributed by atoms with Gasteiger partial charge in [0.1, 0.15) is 5.54 Å². The summed E-state index contributed by atoms with van der Waals surface area (Å²) in [5, 5.41) is 9.51. The maximum Gasteiger partial charge on any atom is 0.339 e. The van der Waals surface area contributed by atoms with Gasteiger partial charge in [0.2, 0.25) is 0 Å². The lowest BCUT2D eigenvalue weighted by molar-refractivity contribution is -0.138. The topological polar surface area (TPSA) is 70.4 Å². The number of nitriles is 1. The van der Waals surface area contributed by atoms with Crippen molar-refractivity contribution in [3.8, 4) is 6.07 Å². The zero-order valence-electron chi connectivity index (χ0n) is 13.8. The second-order valence-electron chi connectivity index (χ2n) is 6.06. The normalized spacial score (nSPS) is 16.4. The molecular formula is C17H22N2O3S. The Morgan fingerprint density at radius 2 is 2.00 bits per heavy atom. The number of amides is 1. The van der Waals surface area contributed by atoms with Gasteiger partial charge in [0.05, 0.1) is 11.6 Å². The molecule has 0 radical (unpaired) electrons. The third kappa shape index (κ3) is 3.73. The van der Waals surface area contributed by atoms with E-state index in [2.05, 4.69) is 6.07 Å². The van der Waals surface area contributed by atoms with Gasteiger partial charge in [0, 0.05) is 16.8 Å². The molecule has 1 saturated carbocycles. The SMILES string of the molecule is Cc1cc(C(=O)OCC(=O)N(C)C2(C#N)CCCCC2)c(C)s1. The molecule has 0 saturated heterocycles. The van der Waals surface area contributed by atoms with Crippen LogP contribution in [0.4, 0.5) is 0 Å². The first-order valence-electron chi connectivity index (χ1n) is 7.82. The predicted molar refractivity (Wildman–Crippen MR) is 88.3 cm³/mol. The highest BCUT2D eigenvalue weighted by molar-refractivity contribution is 7.12. The van der Waals surface area contributed by atoms with Crippen molar-refractivity contribution in [2.24, 2.45) is 0 Å². The molecule has 6 heteroatoms. The van der Waals surface area contributed by atoms with E-state index < -0.39 is 11.5 Å². The first-order valence-corrected chi connectivity index (χ1v) is 8.63. The highest BCUT2D eigenvalue weighted by Crippen LogP contribution is 2.32. The number of rotatable bonds is 4. The van der Waals surface area contributed by atoms with Gasteiger partial charge < -0.3 is 9.64 Å². The molecule has 0 aliphatic heterocycles. The van der Waals surface area contributed by atoms with E-state index >= 15 is 0 Å². The van der Waals surface area contributed by atoms with E-state index in [1.165, 1.54) is 16.2 Å². The summed E-state index contributed by atoms with van der Waals surface area (Å²) < 4.78 is 5.15. The van der Waals surface area contributed by atoms with E-state index in [1.807, 2.05) is 13.8 Å². The van der Waals surface area contributed by atoms with Crippen molar-refractivity contribution in [2.75, 3.05) is 13.7 Å². The highest BCUT2D eigenvalue weighted by atomic mass is 32.1. The average molecular weight is 334 g/mol. The van der Waals surface area contributed by atoms with E-state index in [0.29, 0.717) is 18.4 Å². The number of esters is 1. The van der Waals surface area contributed by atoms with Gasteiger partial charge in [0.25, 0.3) is 5.91 Å². The molecule has 1 aliphatic carbocycles. The number of thiophene rings is 1. The van der Waals surface area contributed by atoms with Crippen LogP contribution in [0, 0.1) is 25.2 Å². The van der Waals surface area contributed by atoms with Crippen LogP contribution >= 0.6 is 11.3 Å². The fourth-order valence-corrected chi connectivity index (χ4v) is 3.94. The Kier molecular flexibility index (Phi) is 5.42. The lowest BCUT2D eigenvalue weighted by atomic mass is 9.81. The number of carbonyl (C=O) groups excluding carboxylic acids is 2. The van der Waals surface area contributed by atoms with Crippen LogP contribution in [0.15, 0.2) is 6.07 Å². The average Bonchev–Trinajstić information content (AvgIpc) is 2.90. The third-order valence-corrected chi connectivity index (χ3v) is 5.46. The molecule has 0 atom stereocenters. The summed E-state index contributed by atoms with van der Waals surface area (Å²) in [6.07, 6.45) is 4.35. The van der Waals surface area contributed by atoms with Gasteiger partial charge in [-0.05, 0) is 32.8 Å². The van der Waals surface area contributed by atoms with Crippen LogP contribution in [0.5, 0.6) is 0 Å². The number of aryl methyl sites for hydroxylation is 2. The number of nitrogens with zero attached hydrogens (tertiary/aromatic N) is 2. The molecule has 1 aromatic heterocycles. The van der Waals surface area contributed by atoms with Crippen molar-refractivity contribution in [1.29, 1.82) is 5.26 Å². The second-order valence-corrected chi connectivity index (χ2v) is 7.52. The molecule has 0 unspecified atom stereocenters. The van der Waals surface area contributed by atoms with Gasteiger partial charge in [0.15, 0.2) is 6.61 Å². The van der Waals surface area contributed by atoms with Gasteiger partial charge in [-0.25, -0.2) is 4.79 Å². The number of hydrogen-bond acceptors (Lipinski definition) is 5. The highest BCUT2D eigenvalue weighted by Gasteiger charge is 2.39. The standard InChI is InChI=1S/C17H22N2O3S/c1-12-9-14(13(2)23-12)16(21)22-10-15(20)19(3)17(11-18)7-5-4-6-8-17/h9H,4-8,10H2,1-3H3. The Morgan fingerprint density at radius 1 is 1.35 bits per heavy atom. The molecule has 1 aliphatic rings. The fourth-order valence-electron chi connectivity index (χ4n) is 3.03. The van der Waals surface area contributed by atoms with Gasteiger partial charge in [-0.15, -0.1) is 11.3 Å². The maximum absolute atomic E-state index is 12.3. The first kappa shape index (κ1) is 17.5. The van der Waals surface area contributed by atoms with E-state index in [-0.39, 0.29) is 12.5 Å². The molecule has 23 heavy (non-hydrogen) atoms. The van der Waals surface area contributed by atoms with Crippen LogP contribution < -0.4 is 0 Å². The number of carbonyl (C=O) groups is 2. The molecule has 0 N–H and O–H groups in total. The van der Waals surface area contributed by atoms with Gasteiger partial charge in [-0.2, -0.15) is 5.26 Å². The Bertz CT molecular complexity index is 639. The van der Waals surface area contributed by atoms with Crippen LogP contribution in [-0.2, 0) is 9.53 Å². The summed E-state index contributed by atoms with van der Waals surface area (Å²) in [5.74, 6) is -0.811. The largest absolute Gasteiger partial charge is 0.452 e. The molecule has 124 valence electrons. The van der Waals surface area contributed by atoms with Gasteiger partial charge >= 0.3 is 5.97 Å². The number of hydrogen-bond donors (Lipinski definition) is 0. The van der Waals surface area contributed by atoms with Crippen molar-refractivity contribution >= 4 is 23.2 Å². The summed E-state index contributed by atoms with van der Waals surface area (Å²) in [5.41, 5.74) is -0.244. The Labute approximate surface area is 140 Å². The smallest absolute Gasteiger partial charge is 0.339 e. The minimum absolute atomic E-state index is 0.326. The summed E-state index contributed by atoms with van der Waals surface area (Å²) in [7, 11) is 1.63.